The highest BCUT2D eigenvalue weighted by atomic mass is 16.5. The van der Waals surface area contributed by atoms with Crippen LogP contribution in [0.3, 0.4) is 0 Å². The lowest BCUT2D eigenvalue weighted by molar-refractivity contribution is -0.114. The summed E-state index contributed by atoms with van der Waals surface area (Å²) in [5.74, 6) is 1.13. The van der Waals surface area contributed by atoms with Crippen LogP contribution in [0.4, 0.5) is 5.69 Å². The van der Waals surface area contributed by atoms with E-state index in [9.17, 15) is 4.79 Å². The van der Waals surface area contributed by atoms with Crippen molar-refractivity contribution < 1.29 is 14.3 Å². The Balaban J connectivity index is 1.84. The fourth-order valence-corrected chi connectivity index (χ4v) is 3.83. The molecular formula is C28H26N2O3. The van der Waals surface area contributed by atoms with Crippen molar-refractivity contribution in [3.05, 3.63) is 101 Å². The summed E-state index contributed by atoms with van der Waals surface area (Å²) in [6.45, 7) is 3.91. The van der Waals surface area contributed by atoms with Crippen molar-refractivity contribution in [2.75, 3.05) is 19.2 Å². The van der Waals surface area contributed by atoms with Gasteiger partial charge in [-0.25, -0.2) is 0 Å². The maximum atomic E-state index is 13.5. The Morgan fingerprint density at radius 3 is 2.27 bits per heavy atom. The highest BCUT2D eigenvalue weighted by molar-refractivity contribution is 6.34. The molecule has 0 fully saturated rings. The minimum absolute atomic E-state index is 0.156. The highest BCUT2D eigenvalue weighted by Crippen LogP contribution is 2.34. The Labute approximate surface area is 194 Å². The van der Waals surface area contributed by atoms with Gasteiger partial charge in [-0.05, 0) is 43.2 Å². The minimum Gasteiger partial charge on any atom is -0.493 e. The Morgan fingerprint density at radius 2 is 1.61 bits per heavy atom. The third kappa shape index (κ3) is 4.44. The van der Waals surface area contributed by atoms with E-state index in [4.69, 9.17) is 9.47 Å². The van der Waals surface area contributed by atoms with Crippen molar-refractivity contribution in [2.24, 2.45) is 5.10 Å². The monoisotopic (exact) mass is 438 g/mol. The Morgan fingerprint density at radius 1 is 0.879 bits per heavy atom. The SMILES string of the molecule is COc1cccc(/C=C\C(=C2\C(=O)N(c3ccccc3)N=C2C)c2ccc(C)cc2)c1OC. The number of rotatable bonds is 6. The lowest BCUT2D eigenvalue weighted by atomic mass is 9.95. The molecule has 3 aromatic rings. The van der Waals surface area contributed by atoms with Gasteiger partial charge in [0, 0.05) is 5.56 Å². The van der Waals surface area contributed by atoms with E-state index >= 15 is 0 Å². The quantitative estimate of drug-likeness (QED) is 0.450. The van der Waals surface area contributed by atoms with Crippen LogP contribution in [0, 0.1) is 6.92 Å². The fourth-order valence-electron chi connectivity index (χ4n) is 3.83. The second-order valence-electron chi connectivity index (χ2n) is 7.71. The predicted octanol–water partition coefficient (Wildman–Crippen LogP) is 5.90. The van der Waals surface area contributed by atoms with E-state index < -0.39 is 0 Å². The molecule has 0 aliphatic carbocycles. The lowest BCUT2D eigenvalue weighted by Gasteiger charge is -2.13. The molecule has 1 heterocycles. The van der Waals surface area contributed by atoms with Gasteiger partial charge in [0.15, 0.2) is 11.5 Å². The summed E-state index contributed by atoms with van der Waals surface area (Å²) in [7, 11) is 3.23. The molecule has 0 atom stereocenters. The van der Waals surface area contributed by atoms with Gasteiger partial charge in [-0.3, -0.25) is 4.79 Å². The normalized spacial score (nSPS) is 15.1. The minimum atomic E-state index is -0.156. The molecule has 33 heavy (non-hydrogen) atoms. The zero-order valence-electron chi connectivity index (χ0n) is 19.2. The molecule has 0 N–H and O–H groups in total. The fraction of sp³-hybridized carbons (Fsp3) is 0.143. The van der Waals surface area contributed by atoms with Crippen LogP contribution in [-0.4, -0.2) is 25.8 Å². The second-order valence-corrected chi connectivity index (χ2v) is 7.71. The average Bonchev–Trinajstić information content (AvgIpc) is 3.14. The van der Waals surface area contributed by atoms with E-state index in [1.807, 2.05) is 98.8 Å². The van der Waals surface area contributed by atoms with Crippen LogP contribution in [0.25, 0.3) is 11.6 Å². The van der Waals surface area contributed by atoms with Crippen LogP contribution in [-0.2, 0) is 4.79 Å². The second kappa shape index (κ2) is 9.57. The van der Waals surface area contributed by atoms with Crippen LogP contribution in [0.1, 0.15) is 23.6 Å². The molecule has 0 saturated heterocycles. The standard InChI is InChI=1S/C28H26N2O3/c1-19-13-15-21(16-14-19)24(18-17-22-9-8-12-25(32-3)27(22)33-4)26-20(2)29-30(28(26)31)23-10-6-5-7-11-23/h5-18H,1-4H3/b18-17-,26-24-. The maximum absolute atomic E-state index is 13.5. The van der Waals surface area contributed by atoms with Crippen molar-refractivity contribution in [1.29, 1.82) is 0 Å². The van der Waals surface area contributed by atoms with Gasteiger partial charge in [-0.1, -0.05) is 72.3 Å². The van der Waals surface area contributed by atoms with Gasteiger partial charge in [-0.15, -0.1) is 0 Å². The van der Waals surface area contributed by atoms with Crippen molar-refractivity contribution in [3.8, 4) is 11.5 Å². The first-order valence-electron chi connectivity index (χ1n) is 10.7. The molecule has 1 aliphatic heterocycles. The Bertz CT molecular complexity index is 1260. The number of carbonyl (C=O) groups excluding carboxylic acids is 1. The topological polar surface area (TPSA) is 51.1 Å². The predicted molar refractivity (Wildman–Crippen MR) is 134 cm³/mol. The number of nitrogens with zero attached hydrogens (tertiary/aromatic N) is 2. The van der Waals surface area contributed by atoms with Crippen LogP contribution < -0.4 is 14.5 Å². The molecule has 0 bridgehead atoms. The zero-order chi connectivity index (χ0) is 23.4. The molecular weight excluding hydrogens is 412 g/mol. The third-order valence-electron chi connectivity index (χ3n) is 5.51. The number of aryl methyl sites for hydroxylation is 1. The first-order chi connectivity index (χ1) is 16.0. The number of benzene rings is 3. The summed E-state index contributed by atoms with van der Waals surface area (Å²) in [4.78, 5) is 13.5. The summed E-state index contributed by atoms with van der Waals surface area (Å²) < 4.78 is 11.0. The molecule has 0 aromatic heterocycles. The van der Waals surface area contributed by atoms with E-state index in [2.05, 4.69) is 5.10 Å². The van der Waals surface area contributed by atoms with Crippen LogP contribution >= 0.6 is 0 Å². The first kappa shape index (κ1) is 22.1. The molecule has 166 valence electrons. The van der Waals surface area contributed by atoms with Gasteiger partial charge in [-0.2, -0.15) is 10.1 Å². The number of hydrogen-bond acceptors (Lipinski definition) is 4. The number of anilines is 1. The van der Waals surface area contributed by atoms with E-state index in [0.717, 1.165) is 28.0 Å². The van der Waals surface area contributed by atoms with Crippen LogP contribution in [0.2, 0.25) is 0 Å². The molecule has 1 amide bonds. The highest BCUT2D eigenvalue weighted by Gasteiger charge is 2.31. The summed E-state index contributed by atoms with van der Waals surface area (Å²) in [5.41, 5.74) is 5.70. The van der Waals surface area contributed by atoms with Gasteiger partial charge < -0.3 is 9.47 Å². The zero-order valence-corrected chi connectivity index (χ0v) is 19.2. The van der Waals surface area contributed by atoms with Gasteiger partial charge in [0.25, 0.3) is 5.91 Å². The van der Waals surface area contributed by atoms with E-state index in [0.29, 0.717) is 22.8 Å². The van der Waals surface area contributed by atoms with E-state index in [1.165, 1.54) is 5.01 Å². The van der Waals surface area contributed by atoms with Crippen molar-refractivity contribution in [2.45, 2.75) is 13.8 Å². The smallest absolute Gasteiger partial charge is 0.281 e. The summed E-state index contributed by atoms with van der Waals surface area (Å²) in [6.07, 6.45) is 3.89. The maximum Gasteiger partial charge on any atom is 0.281 e. The molecule has 0 radical (unpaired) electrons. The van der Waals surface area contributed by atoms with Gasteiger partial charge in [0.1, 0.15) is 0 Å². The third-order valence-corrected chi connectivity index (χ3v) is 5.51. The molecule has 3 aromatic carbocycles. The first-order valence-corrected chi connectivity index (χ1v) is 10.7. The number of methoxy groups -OCH3 is 2. The van der Waals surface area contributed by atoms with Gasteiger partial charge >= 0.3 is 0 Å². The van der Waals surface area contributed by atoms with Crippen molar-refractivity contribution >= 4 is 29.0 Å². The number of allylic oxidation sites excluding steroid dienone is 2. The number of hydrogen-bond donors (Lipinski definition) is 0. The number of ether oxygens (including phenoxy) is 2. The van der Waals surface area contributed by atoms with Gasteiger partial charge in [0.05, 0.1) is 31.2 Å². The average molecular weight is 439 g/mol. The number of hydrazone groups is 1. The molecule has 0 saturated carbocycles. The van der Waals surface area contributed by atoms with Crippen molar-refractivity contribution in [3.63, 3.8) is 0 Å². The molecule has 0 unspecified atom stereocenters. The summed E-state index contributed by atoms with van der Waals surface area (Å²) in [6, 6.07) is 23.3. The summed E-state index contributed by atoms with van der Waals surface area (Å²) in [5, 5.41) is 6.02. The van der Waals surface area contributed by atoms with Crippen LogP contribution in [0.5, 0.6) is 11.5 Å². The lowest BCUT2D eigenvalue weighted by Crippen LogP contribution is -2.21. The van der Waals surface area contributed by atoms with Crippen LogP contribution in [0.15, 0.2) is 89.5 Å². The summed E-state index contributed by atoms with van der Waals surface area (Å²) >= 11 is 0. The molecule has 5 heteroatoms. The Kier molecular flexibility index (Phi) is 6.41. The van der Waals surface area contributed by atoms with E-state index in [-0.39, 0.29) is 5.91 Å². The number of carbonyl (C=O) groups is 1. The molecule has 4 rings (SSSR count). The molecule has 1 aliphatic rings. The van der Waals surface area contributed by atoms with Gasteiger partial charge in [0.2, 0.25) is 0 Å². The molecule has 0 spiro atoms. The Hall–Kier alpha value is -4.12. The largest absolute Gasteiger partial charge is 0.493 e. The number of para-hydroxylation sites is 2. The van der Waals surface area contributed by atoms with Crippen molar-refractivity contribution in [1.82, 2.24) is 0 Å². The van der Waals surface area contributed by atoms with E-state index in [1.54, 1.807) is 14.2 Å². The number of amides is 1. The molecule has 5 nitrogen and oxygen atoms in total.